The second-order valence-corrected chi connectivity index (χ2v) is 4.85. The van der Waals surface area contributed by atoms with Gasteiger partial charge in [-0.1, -0.05) is 6.07 Å². The highest BCUT2D eigenvalue weighted by Crippen LogP contribution is 2.25. The molecule has 100 valence electrons. The summed E-state index contributed by atoms with van der Waals surface area (Å²) < 4.78 is 7.13. The molecule has 0 aliphatic rings. The summed E-state index contributed by atoms with van der Waals surface area (Å²) in [6, 6.07) is 5.28. The van der Waals surface area contributed by atoms with Gasteiger partial charge in [0, 0.05) is 30.3 Å². The van der Waals surface area contributed by atoms with Crippen LogP contribution in [-0.2, 0) is 18.3 Å². The fourth-order valence-electron chi connectivity index (χ4n) is 1.66. The van der Waals surface area contributed by atoms with Gasteiger partial charge in [0.15, 0.2) is 4.80 Å². The van der Waals surface area contributed by atoms with Gasteiger partial charge in [-0.3, -0.25) is 4.79 Å². The Labute approximate surface area is 114 Å². The summed E-state index contributed by atoms with van der Waals surface area (Å²) in [5, 5.41) is 10.8. The average Bonchev–Trinajstić information content (AvgIpc) is 2.76. The Hall–Kier alpha value is -2.08. The first-order chi connectivity index (χ1) is 9.10. The first kappa shape index (κ1) is 13.4. The third kappa shape index (κ3) is 3.23. The predicted molar refractivity (Wildman–Crippen MR) is 72.8 cm³/mol. The van der Waals surface area contributed by atoms with Gasteiger partial charge in [-0.2, -0.15) is 0 Å². The van der Waals surface area contributed by atoms with Gasteiger partial charge in [-0.15, -0.1) is 11.3 Å². The standard InChI is InChI=1S/C13H14N2O3S/c1-15-5-6-19-13(15)14-10-4-3-9(7-12(16)17)11(8-10)18-2/h3-6,8H,7H2,1-2H3,(H,16,17). The molecule has 2 rings (SSSR count). The molecule has 5 nitrogen and oxygen atoms in total. The van der Waals surface area contributed by atoms with Crippen molar-refractivity contribution in [1.29, 1.82) is 0 Å². The lowest BCUT2D eigenvalue weighted by molar-refractivity contribution is -0.136. The van der Waals surface area contributed by atoms with Crippen LogP contribution in [0.25, 0.3) is 0 Å². The number of hydrogen-bond acceptors (Lipinski definition) is 4. The summed E-state index contributed by atoms with van der Waals surface area (Å²) in [6.45, 7) is 0. The van der Waals surface area contributed by atoms with E-state index in [4.69, 9.17) is 9.84 Å². The number of ether oxygens (including phenoxy) is 1. The molecule has 0 fully saturated rings. The van der Waals surface area contributed by atoms with E-state index in [9.17, 15) is 4.79 Å². The summed E-state index contributed by atoms with van der Waals surface area (Å²) >= 11 is 1.53. The lowest BCUT2D eigenvalue weighted by Crippen LogP contribution is -2.08. The first-order valence-corrected chi connectivity index (χ1v) is 6.51. The fraction of sp³-hybridized carbons (Fsp3) is 0.231. The molecule has 0 unspecified atom stereocenters. The lowest BCUT2D eigenvalue weighted by atomic mass is 10.1. The highest BCUT2D eigenvalue weighted by atomic mass is 32.1. The summed E-state index contributed by atoms with van der Waals surface area (Å²) in [7, 11) is 3.45. The zero-order chi connectivity index (χ0) is 13.8. The number of rotatable bonds is 4. The van der Waals surface area contributed by atoms with E-state index in [2.05, 4.69) is 4.99 Å². The molecule has 0 spiro atoms. The molecule has 1 aromatic heterocycles. The molecule has 0 radical (unpaired) electrons. The van der Waals surface area contributed by atoms with Crippen LogP contribution >= 0.6 is 11.3 Å². The number of carbonyl (C=O) groups is 1. The molecule has 0 amide bonds. The Balaban J connectivity index is 2.40. The summed E-state index contributed by atoms with van der Waals surface area (Å²) in [5.74, 6) is -0.337. The number of aryl methyl sites for hydroxylation is 1. The molecular formula is C13H14N2O3S. The molecule has 6 heteroatoms. The molecule has 1 aromatic carbocycles. The third-order valence-electron chi connectivity index (χ3n) is 2.60. The van der Waals surface area contributed by atoms with E-state index in [1.807, 2.05) is 23.2 Å². The zero-order valence-electron chi connectivity index (χ0n) is 10.7. The van der Waals surface area contributed by atoms with Crippen LogP contribution in [0.2, 0.25) is 0 Å². The van der Waals surface area contributed by atoms with E-state index in [-0.39, 0.29) is 6.42 Å². The van der Waals surface area contributed by atoms with Gasteiger partial charge < -0.3 is 14.4 Å². The molecule has 0 atom stereocenters. The minimum absolute atomic E-state index is 0.0593. The second-order valence-electron chi connectivity index (χ2n) is 3.97. The zero-order valence-corrected chi connectivity index (χ0v) is 11.5. The van der Waals surface area contributed by atoms with Crippen LogP contribution in [0.5, 0.6) is 5.75 Å². The van der Waals surface area contributed by atoms with Crippen molar-refractivity contribution in [3.05, 3.63) is 40.1 Å². The fourth-order valence-corrected chi connectivity index (χ4v) is 2.41. The maximum Gasteiger partial charge on any atom is 0.307 e. The Morgan fingerprint density at radius 2 is 2.32 bits per heavy atom. The molecule has 0 aliphatic heterocycles. The SMILES string of the molecule is COc1cc(N=c2sccn2C)ccc1CC(=O)O. The molecule has 1 heterocycles. The summed E-state index contributed by atoms with van der Waals surface area (Å²) in [5.41, 5.74) is 1.38. The van der Waals surface area contributed by atoms with Gasteiger partial charge >= 0.3 is 5.97 Å². The summed E-state index contributed by atoms with van der Waals surface area (Å²) in [4.78, 5) is 16.1. The van der Waals surface area contributed by atoms with Gasteiger partial charge in [-0.25, -0.2) is 4.99 Å². The van der Waals surface area contributed by atoms with Gasteiger partial charge in [0.1, 0.15) is 5.75 Å². The average molecular weight is 278 g/mol. The Morgan fingerprint density at radius 3 is 2.89 bits per heavy atom. The van der Waals surface area contributed by atoms with Crippen LogP contribution < -0.4 is 9.54 Å². The summed E-state index contributed by atoms with van der Waals surface area (Å²) in [6.07, 6.45) is 1.87. The quantitative estimate of drug-likeness (QED) is 0.929. The minimum Gasteiger partial charge on any atom is -0.496 e. The van der Waals surface area contributed by atoms with Crippen LogP contribution in [0.1, 0.15) is 5.56 Å². The Kier molecular flexibility index (Phi) is 4.01. The number of thiazole rings is 1. The highest BCUT2D eigenvalue weighted by Gasteiger charge is 2.08. The molecule has 0 saturated heterocycles. The van der Waals surface area contributed by atoms with Crippen molar-refractivity contribution in [2.45, 2.75) is 6.42 Å². The lowest BCUT2D eigenvalue weighted by Gasteiger charge is -2.07. The molecule has 2 aromatic rings. The smallest absolute Gasteiger partial charge is 0.307 e. The van der Waals surface area contributed by atoms with Crippen LogP contribution in [0, 0.1) is 0 Å². The van der Waals surface area contributed by atoms with Crippen molar-refractivity contribution in [2.75, 3.05) is 7.11 Å². The van der Waals surface area contributed by atoms with Crippen LogP contribution in [-0.4, -0.2) is 22.8 Å². The second kappa shape index (κ2) is 5.71. The van der Waals surface area contributed by atoms with E-state index < -0.39 is 5.97 Å². The van der Waals surface area contributed by atoms with Crippen molar-refractivity contribution in [2.24, 2.45) is 12.0 Å². The number of carboxylic acid groups (broad SMARTS) is 1. The van der Waals surface area contributed by atoms with E-state index >= 15 is 0 Å². The van der Waals surface area contributed by atoms with Crippen molar-refractivity contribution in [3.63, 3.8) is 0 Å². The largest absolute Gasteiger partial charge is 0.496 e. The first-order valence-electron chi connectivity index (χ1n) is 5.63. The number of aliphatic carboxylic acids is 1. The molecule has 0 saturated carbocycles. The molecule has 1 N–H and O–H groups in total. The maximum atomic E-state index is 10.7. The monoisotopic (exact) mass is 278 g/mol. The normalized spacial score (nSPS) is 11.6. The van der Waals surface area contributed by atoms with E-state index in [0.29, 0.717) is 11.3 Å². The third-order valence-corrected chi connectivity index (χ3v) is 3.44. The van der Waals surface area contributed by atoms with Crippen molar-refractivity contribution in [1.82, 2.24) is 4.57 Å². The van der Waals surface area contributed by atoms with Crippen LogP contribution in [0.4, 0.5) is 5.69 Å². The van der Waals surface area contributed by atoms with Crippen molar-refractivity contribution >= 4 is 23.0 Å². The van der Waals surface area contributed by atoms with Gasteiger partial charge in [0.25, 0.3) is 0 Å². The number of aromatic nitrogens is 1. The number of methoxy groups -OCH3 is 1. The Morgan fingerprint density at radius 1 is 1.53 bits per heavy atom. The molecule has 19 heavy (non-hydrogen) atoms. The molecule has 0 bridgehead atoms. The predicted octanol–water partition coefficient (Wildman–Crippen LogP) is 1.95. The van der Waals surface area contributed by atoms with Crippen molar-refractivity contribution < 1.29 is 14.6 Å². The highest BCUT2D eigenvalue weighted by molar-refractivity contribution is 7.07. The van der Waals surface area contributed by atoms with E-state index in [0.717, 1.165) is 10.5 Å². The van der Waals surface area contributed by atoms with Gasteiger partial charge in [0.05, 0.1) is 19.2 Å². The topological polar surface area (TPSA) is 63.8 Å². The number of nitrogens with zero attached hydrogens (tertiary/aromatic N) is 2. The molecular weight excluding hydrogens is 264 g/mol. The van der Waals surface area contributed by atoms with Crippen LogP contribution in [0.15, 0.2) is 34.8 Å². The van der Waals surface area contributed by atoms with E-state index in [1.54, 1.807) is 18.2 Å². The number of hydrogen-bond donors (Lipinski definition) is 1. The van der Waals surface area contributed by atoms with Crippen LogP contribution in [0.3, 0.4) is 0 Å². The number of carboxylic acids is 1. The number of benzene rings is 1. The Bertz CT molecular complexity index is 658. The van der Waals surface area contributed by atoms with E-state index in [1.165, 1.54) is 18.4 Å². The maximum absolute atomic E-state index is 10.7. The molecule has 0 aliphatic carbocycles. The van der Waals surface area contributed by atoms with Gasteiger partial charge in [-0.05, 0) is 6.07 Å². The minimum atomic E-state index is -0.882. The van der Waals surface area contributed by atoms with Crippen molar-refractivity contribution in [3.8, 4) is 5.75 Å². The van der Waals surface area contributed by atoms with Gasteiger partial charge in [0.2, 0.25) is 0 Å².